The van der Waals surface area contributed by atoms with Crippen molar-refractivity contribution in [3.8, 4) is 79.8 Å². The Labute approximate surface area is 493 Å². The lowest BCUT2D eigenvalue weighted by Gasteiger charge is -2.26. The predicted octanol–water partition coefficient (Wildman–Crippen LogP) is 20.9. The van der Waals surface area contributed by atoms with E-state index in [0.29, 0.717) is 17.1 Å². The lowest BCUT2D eigenvalue weighted by Crippen LogP contribution is -2.16. The second-order valence-electron chi connectivity index (χ2n) is 24.3. The SMILES string of the molecule is CC/C(=C\c1c(C)c(C)c(/C=C(\C)C(C)(C)C)n1-c1c(C#N)c(-n2c3cc(-c4ccccc4)ccc3c3ccc(-c4ccccc4)cc32)c(C#N)c(-n2c3cc(-c4ccccc4)ccc3c3ccc(-c4ccccc4)cc32)c1C#N)C(C)(C)C. The van der Waals surface area contributed by atoms with Crippen LogP contribution in [0.4, 0.5) is 0 Å². The molecule has 84 heavy (non-hydrogen) atoms. The Balaban J connectivity index is 1.37. The van der Waals surface area contributed by atoms with Crippen LogP contribution in [-0.2, 0) is 0 Å². The molecule has 0 aliphatic rings. The highest BCUT2D eigenvalue weighted by Crippen LogP contribution is 2.48. The first-order chi connectivity index (χ1) is 40.5. The Hall–Kier alpha value is -10.2. The molecule has 0 aliphatic carbocycles. The van der Waals surface area contributed by atoms with Crippen LogP contribution in [-0.4, -0.2) is 13.7 Å². The fourth-order valence-corrected chi connectivity index (χ4v) is 12.3. The van der Waals surface area contributed by atoms with E-state index in [0.717, 1.165) is 123 Å². The minimum absolute atomic E-state index is 0.194. The van der Waals surface area contributed by atoms with E-state index < -0.39 is 0 Å². The van der Waals surface area contributed by atoms with Gasteiger partial charge in [-0.05, 0) is 130 Å². The van der Waals surface area contributed by atoms with Gasteiger partial charge in [-0.15, -0.1) is 0 Å². The van der Waals surface area contributed by atoms with Crippen LogP contribution in [0.25, 0.3) is 117 Å². The van der Waals surface area contributed by atoms with Gasteiger partial charge in [0.1, 0.15) is 34.9 Å². The molecule has 0 aliphatic heterocycles. The van der Waals surface area contributed by atoms with Crippen LogP contribution in [0.5, 0.6) is 0 Å². The van der Waals surface area contributed by atoms with Gasteiger partial charge in [-0.3, -0.25) is 0 Å². The van der Waals surface area contributed by atoms with E-state index in [4.69, 9.17) is 0 Å². The Morgan fingerprint density at radius 2 is 0.667 bits per heavy atom. The van der Waals surface area contributed by atoms with Gasteiger partial charge < -0.3 is 13.7 Å². The highest BCUT2D eigenvalue weighted by molar-refractivity contribution is 6.14. The van der Waals surface area contributed by atoms with Crippen LogP contribution in [0, 0.1) is 58.7 Å². The van der Waals surface area contributed by atoms with Gasteiger partial charge in [0.05, 0.1) is 39.1 Å². The zero-order chi connectivity index (χ0) is 58.8. The van der Waals surface area contributed by atoms with Crippen molar-refractivity contribution in [1.29, 1.82) is 15.8 Å². The van der Waals surface area contributed by atoms with Crippen molar-refractivity contribution in [2.75, 3.05) is 0 Å². The molecule has 3 heterocycles. The van der Waals surface area contributed by atoms with Crippen molar-refractivity contribution in [2.24, 2.45) is 10.8 Å². The summed E-state index contributed by atoms with van der Waals surface area (Å²) in [7, 11) is 0. The molecule has 0 spiro atoms. The standard InChI is InChI=1S/C78H66N6/c1-11-60(78(8,9)10)45-69-51(4)50(3)68(40-49(2)77(5,6)7)82(69)74-65(46-79)75(83-70-41-56(52-24-16-12-17-25-52)32-36-61(70)62-37-33-57(42-71(62)83)53-26-18-13-19-27-53)67(48-81)76(66(74)47-80)84-72-43-58(54-28-20-14-21-29-54)34-38-63(72)64-39-35-59(44-73(64)84)55-30-22-15-23-31-55/h12-45H,11H2,1-10H3/b49-40+,60-45+. The van der Waals surface area contributed by atoms with Crippen LogP contribution in [0.3, 0.4) is 0 Å². The van der Waals surface area contributed by atoms with E-state index in [9.17, 15) is 15.8 Å². The highest BCUT2D eigenvalue weighted by Gasteiger charge is 2.34. The molecule has 12 aromatic rings. The summed E-state index contributed by atoms with van der Waals surface area (Å²) in [5.41, 5.74) is 18.8. The zero-order valence-corrected chi connectivity index (χ0v) is 49.5. The second kappa shape index (κ2) is 21.3. The van der Waals surface area contributed by atoms with E-state index in [1.807, 2.05) is 72.8 Å². The Bertz CT molecular complexity index is 4360. The summed E-state index contributed by atoms with van der Waals surface area (Å²) in [6.45, 7) is 22.1. The number of fused-ring (bicyclic) bond motifs is 6. The first-order valence-corrected chi connectivity index (χ1v) is 29.0. The molecule has 9 aromatic carbocycles. The largest absolute Gasteiger partial charge is 0.307 e. The molecule has 0 unspecified atom stereocenters. The number of hydrogen-bond donors (Lipinski definition) is 0. The van der Waals surface area contributed by atoms with E-state index in [1.165, 1.54) is 5.57 Å². The third kappa shape index (κ3) is 9.20. The molecule has 0 radical (unpaired) electrons. The summed E-state index contributed by atoms with van der Waals surface area (Å²) in [4.78, 5) is 0. The molecule has 0 N–H and O–H groups in total. The van der Waals surface area contributed by atoms with Crippen LogP contribution >= 0.6 is 0 Å². The number of allylic oxidation sites excluding steroid dienone is 2. The van der Waals surface area contributed by atoms with Crippen molar-refractivity contribution >= 4 is 55.8 Å². The first kappa shape index (κ1) is 54.4. The lowest BCUT2D eigenvalue weighted by atomic mass is 9.84. The molecular formula is C78H66N6. The number of nitriles is 3. The monoisotopic (exact) mass is 1090 g/mol. The number of hydrogen-bond acceptors (Lipinski definition) is 3. The molecule has 0 amide bonds. The third-order valence-corrected chi connectivity index (χ3v) is 17.4. The summed E-state index contributed by atoms with van der Waals surface area (Å²) < 4.78 is 6.52. The highest BCUT2D eigenvalue weighted by atomic mass is 15.1. The van der Waals surface area contributed by atoms with E-state index in [1.54, 1.807) is 0 Å². The van der Waals surface area contributed by atoms with Crippen LogP contribution in [0.15, 0.2) is 205 Å². The number of rotatable bonds is 10. The van der Waals surface area contributed by atoms with Gasteiger partial charge in [0.2, 0.25) is 0 Å². The van der Waals surface area contributed by atoms with E-state index in [2.05, 4.69) is 235 Å². The van der Waals surface area contributed by atoms with Crippen LogP contribution in [0.1, 0.15) is 101 Å². The molecule has 12 rings (SSSR count). The molecule has 6 nitrogen and oxygen atoms in total. The molecule has 0 saturated carbocycles. The van der Waals surface area contributed by atoms with Crippen molar-refractivity contribution in [2.45, 2.75) is 75.7 Å². The van der Waals surface area contributed by atoms with Crippen molar-refractivity contribution < 1.29 is 0 Å². The van der Waals surface area contributed by atoms with Gasteiger partial charge in [-0.25, -0.2) is 0 Å². The van der Waals surface area contributed by atoms with Crippen molar-refractivity contribution in [3.63, 3.8) is 0 Å². The molecule has 3 aromatic heterocycles. The minimum atomic E-state index is -0.228. The van der Waals surface area contributed by atoms with Gasteiger partial charge in [0.15, 0.2) is 0 Å². The fraction of sp³-hybridized carbons (Fsp3) is 0.167. The Morgan fingerprint density at radius 3 is 0.929 bits per heavy atom. The third-order valence-electron chi connectivity index (χ3n) is 17.4. The molecule has 408 valence electrons. The Morgan fingerprint density at radius 1 is 0.381 bits per heavy atom. The normalized spacial score (nSPS) is 12.3. The number of benzene rings is 9. The van der Waals surface area contributed by atoms with Gasteiger partial charge in [0.25, 0.3) is 0 Å². The maximum Gasteiger partial charge on any atom is 0.104 e. The van der Waals surface area contributed by atoms with Gasteiger partial charge in [-0.1, -0.05) is 229 Å². The van der Waals surface area contributed by atoms with Gasteiger partial charge in [-0.2, -0.15) is 15.8 Å². The summed E-state index contributed by atoms with van der Waals surface area (Å²) in [5, 5.41) is 41.6. The molecule has 0 saturated heterocycles. The smallest absolute Gasteiger partial charge is 0.104 e. The average molecular weight is 1090 g/mol. The molecule has 0 fully saturated rings. The predicted molar refractivity (Wildman–Crippen MR) is 351 cm³/mol. The quantitative estimate of drug-likeness (QED) is 0.137. The first-order valence-electron chi connectivity index (χ1n) is 29.0. The van der Waals surface area contributed by atoms with Gasteiger partial charge in [0, 0.05) is 32.9 Å². The maximum absolute atomic E-state index is 12.6. The summed E-state index contributed by atoms with van der Waals surface area (Å²) in [6, 6.07) is 75.8. The second-order valence-corrected chi connectivity index (χ2v) is 24.3. The number of nitrogens with zero attached hydrogens (tertiary/aromatic N) is 6. The minimum Gasteiger partial charge on any atom is -0.307 e. The summed E-state index contributed by atoms with van der Waals surface area (Å²) >= 11 is 0. The fourth-order valence-electron chi connectivity index (χ4n) is 12.3. The van der Waals surface area contributed by atoms with Gasteiger partial charge >= 0.3 is 0 Å². The summed E-state index contributed by atoms with van der Waals surface area (Å²) in [5.74, 6) is 0. The topological polar surface area (TPSA) is 86.2 Å². The van der Waals surface area contributed by atoms with E-state index in [-0.39, 0.29) is 27.5 Å². The number of aromatic nitrogens is 3. The van der Waals surface area contributed by atoms with E-state index >= 15 is 0 Å². The molecule has 0 atom stereocenters. The average Bonchev–Trinajstić information content (AvgIpc) is 1.67. The summed E-state index contributed by atoms with van der Waals surface area (Å²) in [6.07, 6.45) is 5.33. The van der Waals surface area contributed by atoms with Crippen molar-refractivity contribution in [3.05, 3.63) is 244 Å². The zero-order valence-electron chi connectivity index (χ0n) is 49.5. The van der Waals surface area contributed by atoms with Crippen molar-refractivity contribution in [1.82, 2.24) is 13.7 Å². The Kier molecular flexibility index (Phi) is 13.8. The molecule has 6 heteroatoms. The maximum atomic E-state index is 12.6. The molecular weight excluding hydrogens is 1020 g/mol. The van der Waals surface area contributed by atoms with Crippen LogP contribution in [0.2, 0.25) is 0 Å². The lowest BCUT2D eigenvalue weighted by molar-refractivity contribution is 0.492. The van der Waals surface area contributed by atoms with Crippen LogP contribution < -0.4 is 0 Å². The molecule has 0 bridgehead atoms.